The molecule has 0 aliphatic carbocycles. The van der Waals surface area contributed by atoms with Crippen LogP contribution in [0.2, 0.25) is 0 Å². The van der Waals surface area contributed by atoms with E-state index in [1.54, 1.807) is 17.4 Å². The number of amides is 1. The number of aromatic hydroxyl groups is 1. The maximum atomic E-state index is 13.1. The molecular formula is C25H34BrN3O2S. The highest BCUT2D eigenvalue weighted by atomic mass is 79.9. The van der Waals surface area contributed by atoms with E-state index in [9.17, 15) is 9.90 Å². The topological polar surface area (TPSA) is 47.0 Å². The first-order chi connectivity index (χ1) is 15.3. The Kier molecular flexibility index (Phi) is 8.55. The van der Waals surface area contributed by atoms with Crippen molar-refractivity contribution < 1.29 is 9.90 Å². The van der Waals surface area contributed by atoms with Gasteiger partial charge in [0.25, 0.3) is 5.91 Å². The maximum absolute atomic E-state index is 13.1. The van der Waals surface area contributed by atoms with Crippen molar-refractivity contribution in [3.63, 3.8) is 0 Å². The molecule has 1 aliphatic rings. The number of carbonyl (C=O) groups excluding carboxylic acids is 1. The molecule has 174 valence electrons. The van der Waals surface area contributed by atoms with Crippen molar-refractivity contribution in [2.24, 2.45) is 0 Å². The van der Waals surface area contributed by atoms with Crippen molar-refractivity contribution in [3.8, 4) is 5.75 Å². The summed E-state index contributed by atoms with van der Waals surface area (Å²) in [6.45, 7) is 16.5. The molecule has 0 saturated carbocycles. The third kappa shape index (κ3) is 5.28. The van der Waals surface area contributed by atoms with E-state index in [1.165, 1.54) is 0 Å². The molecule has 1 aromatic heterocycles. The molecule has 1 N–H and O–H groups in total. The van der Waals surface area contributed by atoms with Gasteiger partial charge in [0.15, 0.2) is 0 Å². The summed E-state index contributed by atoms with van der Waals surface area (Å²) >= 11 is 5.21. The highest BCUT2D eigenvalue weighted by molar-refractivity contribution is 9.10. The van der Waals surface area contributed by atoms with Gasteiger partial charge < -0.3 is 10.0 Å². The molecule has 0 bridgehead atoms. The van der Waals surface area contributed by atoms with Crippen LogP contribution in [0.3, 0.4) is 0 Å². The molecule has 2 aromatic rings. The molecule has 1 amide bonds. The van der Waals surface area contributed by atoms with Gasteiger partial charge in [-0.15, -0.1) is 17.9 Å². The number of piperazine rings is 1. The Balaban J connectivity index is 2.03. The fourth-order valence-electron chi connectivity index (χ4n) is 4.54. The number of hydrogen-bond donors (Lipinski definition) is 1. The summed E-state index contributed by atoms with van der Waals surface area (Å²) in [7, 11) is 0. The predicted octanol–water partition coefficient (Wildman–Crippen LogP) is 5.37. The van der Waals surface area contributed by atoms with E-state index in [1.807, 2.05) is 37.0 Å². The Bertz CT molecular complexity index is 943. The van der Waals surface area contributed by atoms with Gasteiger partial charge in [-0.3, -0.25) is 14.6 Å². The van der Waals surface area contributed by atoms with E-state index in [2.05, 4.69) is 58.3 Å². The average Bonchev–Trinajstić information content (AvgIpc) is 3.13. The number of hydrogen-bond acceptors (Lipinski definition) is 5. The van der Waals surface area contributed by atoms with Crippen molar-refractivity contribution in [2.45, 2.75) is 45.8 Å². The van der Waals surface area contributed by atoms with Crippen LogP contribution < -0.4 is 0 Å². The lowest BCUT2D eigenvalue weighted by molar-refractivity contribution is 0.0314. The van der Waals surface area contributed by atoms with Crippen LogP contribution in [0.15, 0.2) is 47.5 Å². The second-order valence-corrected chi connectivity index (χ2v) is 10.4. The lowest BCUT2D eigenvalue weighted by Gasteiger charge is -2.47. The monoisotopic (exact) mass is 519 g/mol. The molecule has 3 atom stereocenters. The van der Waals surface area contributed by atoms with E-state index in [0.29, 0.717) is 25.2 Å². The standard InChI is InChI=1S/C25H34BrN3O2S/c1-6-12-28-15-18(5)29(16-17(28)4)23(19-10-9-11-20(30)13-19)22-14-21(26)24(32-22)25(31)27(7-2)8-3/h6,9-11,13-14,17-18,23,30H,1,7-8,12,15-16H2,2-5H3/t17-,18+,23+/m1/s1. The average molecular weight is 521 g/mol. The van der Waals surface area contributed by atoms with Gasteiger partial charge in [0.05, 0.1) is 6.04 Å². The Labute approximate surface area is 204 Å². The predicted molar refractivity (Wildman–Crippen MR) is 137 cm³/mol. The van der Waals surface area contributed by atoms with Crippen molar-refractivity contribution in [2.75, 3.05) is 32.7 Å². The summed E-state index contributed by atoms with van der Waals surface area (Å²) in [6.07, 6.45) is 1.97. The van der Waals surface area contributed by atoms with Gasteiger partial charge in [-0.25, -0.2) is 0 Å². The first kappa shape index (κ1) is 25.0. The lowest BCUT2D eigenvalue weighted by Crippen LogP contribution is -2.57. The number of benzene rings is 1. The van der Waals surface area contributed by atoms with Gasteiger partial charge in [0.1, 0.15) is 10.6 Å². The summed E-state index contributed by atoms with van der Waals surface area (Å²) in [6, 6.07) is 10.2. The van der Waals surface area contributed by atoms with Gasteiger partial charge in [-0.2, -0.15) is 0 Å². The molecule has 1 aliphatic heterocycles. The van der Waals surface area contributed by atoms with Crippen LogP contribution in [0.5, 0.6) is 5.75 Å². The second-order valence-electron chi connectivity index (χ2n) is 8.44. The second kappa shape index (κ2) is 11.0. The van der Waals surface area contributed by atoms with Crippen LogP contribution in [0.1, 0.15) is 53.8 Å². The molecule has 3 rings (SSSR count). The Morgan fingerprint density at radius 3 is 2.62 bits per heavy atom. The Morgan fingerprint density at radius 2 is 2.00 bits per heavy atom. The van der Waals surface area contributed by atoms with Gasteiger partial charge in [-0.05, 0) is 67.4 Å². The summed E-state index contributed by atoms with van der Waals surface area (Å²) in [5, 5.41) is 10.2. The lowest BCUT2D eigenvalue weighted by atomic mass is 9.98. The molecule has 1 fully saturated rings. The van der Waals surface area contributed by atoms with Gasteiger partial charge in [-0.1, -0.05) is 18.2 Å². The third-order valence-electron chi connectivity index (χ3n) is 6.26. The van der Waals surface area contributed by atoms with Gasteiger partial charge >= 0.3 is 0 Å². The zero-order chi connectivity index (χ0) is 23.4. The summed E-state index contributed by atoms with van der Waals surface area (Å²) in [5.74, 6) is 0.318. The van der Waals surface area contributed by atoms with Crippen LogP contribution in [0, 0.1) is 0 Å². The van der Waals surface area contributed by atoms with E-state index in [4.69, 9.17) is 0 Å². The third-order valence-corrected chi connectivity index (χ3v) is 8.33. The fourth-order valence-corrected chi connectivity index (χ4v) is 6.52. The van der Waals surface area contributed by atoms with Crippen molar-refractivity contribution in [1.82, 2.24) is 14.7 Å². The van der Waals surface area contributed by atoms with Crippen molar-refractivity contribution in [1.29, 1.82) is 0 Å². The number of rotatable bonds is 8. The molecule has 1 saturated heterocycles. The van der Waals surface area contributed by atoms with Gasteiger partial charge in [0.2, 0.25) is 0 Å². The van der Waals surface area contributed by atoms with Crippen molar-refractivity contribution >= 4 is 33.2 Å². The molecule has 0 radical (unpaired) electrons. The minimum absolute atomic E-state index is 0.0371. The number of nitrogens with zero attached hydrogens (tertiary/aromatic N) is 3. The number of halogens is 1. The molecule has 5 nitrogen and oxygen atoms in total. The molecule has 7 heteroatoms. The van der Waals surface area contributed by atoms with Crippen LogP contribution in [-0.2, 0) is 0 Å². The fraction of sp³-hybridized carbons (Fsp3) is 0.480. The maximum Gasteiger partial charge on any atom is 0.265 e. The Morgan fingerprint density at radius 1 is 1.28 bits per heavy atom. The normalized spacial score (nSPS) is 20.8. The zero-order valence-electron chi connectivity index (χ0n) is 19.4. The summed E-state index contributed by atoms with van der Waals surface area (Å²) in [5.41, 5.74) is 1.04. The highest BCUT2D eigenvalue weighted by Crippen LogP contribution is 2.40. The first-order valence-corrected chi connectivity index (χ1v) is 12.9. The van der Waals surface area contributed by atoms with Gasteiger partial charge in [0, 0.05) is 54.2 Å². The molecular weight excluding hydrogens is 486 g/mol. The molecule has 0 spiro atoms. The smallest absolute Gasteiger partial charge is 0.265 e. The molecule has 1 aromatic carbocycles. The quantitative estimate of drug-likeness (QED) is 0.476. The van der Waals surface area contributed by atoms with Crippen molar-refractivity contribution in [3.05, 3.63) is 62.8 Å². The first-order valence-electron chi connectivity index (χ1n) is 11.3. The van der Waals surface area contributed by atoms with Crippen LogP contribution in [0.25, 0.3) is 0 Å². The minimum Gasteiger partial charge on any atom is -0.508 e. The summed E-state index contributed by atoms with van der Waals surface area (Å²) in [4.78, 5) is 21.7. The largest absolute Gasteiger partial charge is 0.508 e. The molecule has 32 heavy (non-hydrogen) atoms. The highest BCUT2D eigenvalue weighted by Gasteiger charge is 2.36. The SMILES string of the molecule is C=CCN1C[C@H](C)N([C@@H](c2cccc(O)c2)c2cc(Br)c(C(=O)N(CC)CC)s2)C[C@H]1C. The minimum atomic E-state index is -0.0371. The van der Waals surface area contributed by atoms with E-state index >= 15 is 0 Å². The zero-order valence-corrected chi connectivity index (χ0v) is 21.8. The number of phenolic OH excluding ortho intramolecular Hbond substituents is 1. The molecule has 0 unspecified atom stereocenters. The number of carbonyl (C=O) groups is 1. The van der Waals surface area contributed by atoms with E-state index in [0.717, 1.165) is 39.4 Å². The van der Waals surface area contributed by atoms with E-state index < -0.39 is 0 Å². The van der Waals surface area contributed by atoms with E-state index in [-0.39, 0.29) is 17.7 Å². The number of thiophene rings is 1. The van der Waals surface area contributed by atoms with Crippen LogP contribution in [-0.4, -0.2) is 70.5 Å². The Hall–Kier alpha value is -1.67. The molecule has 2 heterocycles. The summed E-state index contributed by atoms with van der Waals surface area (Å²) < 4.78 is 0.838. The van der Waals surface area contributed by atoms with Crippen LogP contribution >= 0.6 is 27.3 Å². The van der Waals surface area contributed by atoms with Crippen LogP contribution in [0.4, 0.5) is 0 Å². The number of phenols is 1.